The second-order valence-electron chi connectivity index (χ2n) is 9.67. The summed E-state index contributed by atoms with van der Waals surface area (Å²) < 4.78 is 24.6. The third kappa shape index (κ3) is 6.52. The van der Waals surface area contributed by atoms with E-state index in [1.165, 1.54) is 12.1 Å². The average Bonchev–Trinajstić information content (AvgIpc) is 2.73. The molecule has 2 heterocycles. The zero-order chi connectivity index (χ0) is 25.0. The second kappa shape index (κ2) is 10.8. The summed E-state index contributed by atoms with van der Waals surface area (Å²) >= 11 is 5.95. The molecule has 3 atom stereocenters. The molecule has 2 fully saturated rings. The number of ether oxygens (including phenoxy) is 2. The quantitative estimate of drug-likeness (QED) is 0.617. The zero-order valence-electron chi connectivity index (χ0n) is 20.1. The first-order valence-corrected chi connectivity index (χ1v) is 12.0. The molecule has 3 rings (SSSR count). The van der Waals surface area contributed by atoms with Gasteiger partial charge in [-0.1, -0.05) is 11.6 Å². The molecule has 1 unspecified atom stereocenters. The van der Waals surface area contributed by atoms with Gasteiger partial charge in [-0.15, -0.1) is 0 Å². The van der Waals surface area contributed by atoms with Gasteiger partial charge in [-0.3, -0.25) is 9.59 Å². The minimum Gasteiger partial charge on any atom is -0.466 e. The maximum atomic E-state index is 13.8. The van der Waals surface area contributed by atoms with E-state index in [0.29, 0.717) is 38.0 Å². The van der Waals surface area contributed by atoms with Crippen LogP contribution in [-0.2, 0) is 19.1 Å². The molecule has 8 nitrogen and oxygen atoms in total. The summed E-state index contributed by atoms with van der Waals surface area (Å²) in [7, 11) is 0. The molecule has 0 saturated carbocycles. The van der Waals surface area contributed by atoms with Gasteiger partial charge in [-0.05, 0) is 65.2 Å². The van der Waals surface area contributed by atoms with Crippen LogP contribution in [0.4, 0.5) is 14.9 Å². The van der Waals surface area contributed by atoms with Crippen molar-refractivity contribution in [1.29, 1.82) is 0 Å². The van der Waals surface area contributed by atoms with E-state index in [-0.39, 0.29) is 30.1 Å². The highest BCUT2D eigenvalue weighted by Crippen LogP contribution is 2.29. The molecule has 2 saturated heterocycles. The molecule has 0 radical (unpaired) electrons. The number of hydrogen-bond acceptors (Lipinski definition) is 6. The number of halogens is 2. The number of piperidine rings is 2. The lowest BCUT2D eigenvalue weighted by atomic mass is 9.88. The lowest BCUT2D eigenvalue weighted by Crippen LogP contribution is -2.61. The van der Waals surface area contributed by atoms with Gasteiger partial charge in [0, 0.05) is 30.3 Å². The lowest BCUT2D eigenvalue weighted by Gasteiger charge is -2.45. The summed E-state index contributed by atoms with van der Waals surface area (Å²) in [5.74, 6) is -1.64. The Kier molecular flexibility index (Phi) is 8.28. The zero-order valence-corrected chi connectivity index (χ0v) is 20.9. The Bertz CT molecular complexity index is 902. The van der Waals surface area contributed by atoms with Gasteiger partial charge in [0.05, 0.1) is 18.6 Å². The van der Waals surface area contributed by atoms with Gasteiger partial charge in [0.2, 0.25) is 5.91 Å². The van der Waals surface area contributed by atoms with Gasteiger partial charge in [0.1, 0.15) is 17.5 Å². The van der Waals surface area contributed by atoms with E-state index >= 15 is 0 Å². The summed E-state index contributed by atoms with van der Waals surface area (Å²) in [6.07, 6.45) is 1.12. The van der Waals surface area contributed by atoms with Gasteiger partial charge < -0.3 is 24.6 Å². The fraction of sp³-hybridized carbons (Fsp3) is 0.625. The number of esters is 1. The Hall–Kier alpha value is -2.55. The molecule has 2 amide bonds. The predicted molar refractivity (Wildman–Crippen MR) is 126 cm³/mol. The molecule has 0 aromatic heterocycles. The van der Waals surface area contributed by atoms with Crippen molar-refractivity contribution >= 4 is 35.3 Å². The van der Waals surface area contributed by atoms with E-state index in [1.54, 1.807) is 43.6 Å². The van der Waals surface area contributed by atoms with Crippen LogP contribution in [0.3, 0.4) is 0 Å². The fourth-order valence-electron chi connectivity index (χ4n) is 4.47. The molecule has 10 heteroatoms. The van der Waals surface area contributed by atoms with E-state index in [2.05, 4.69) is 5.32 Å². The average molecular weight is 498 g/mol. The van der Waals surface area contributed by atoms with Crippen molar-refractivity contribution in [3.63, 3.8) is 0 Å². The number of anilines is 1. The first kappa shape index (κ1) is 26.1. The topological polar surface area (TPSA) is 88.2 Å². The van der Waals surface area contributed by atoms with E-state index in [4.69, 9.17) is 21.1 Å². The number of carbonyl (C=O) groups is 3. The maximum absolute atomic E-state index is 13.8. The van der Waals surface area contributed by atoms with Crippen LogP contribution >= 0.6 is 11.6 Å². The van der Waals surface area contributed by atoms with Crippen LogP contribution in [0.25, 0.3) is 0 Å². The number of benzene rings is 1. The van der Waals surface area contributed by atoms with Crippen LogP contribution in [-0.4, -0.2) is 71.7 Å². The molecule has 2 aliphatic rings. The molecule has 1 N–H and O–H groups in total. The van der Waals surface area contributed by atoms with Gasteiger partial charge in [-0.25, -0.2) is 9.18 Å². The monoisotopic (exact) mass is 497 g/mol. The Morgan fingerprint density at radius 1 is 1.21 bits per heavy atom. The number of nitrogens with one attached hydrogen (secondary N) is 1. The molecule has 0 bridgehead atoms. The Morgan fingerprint density at radius 3 is 2.59 bits per heavy atom. The van der Waals surface area contributed by atoms with Gasteiger partial charge in [0.25, 0.3) is 0 Å². The third-order valence-electron chi connectivity index (χ3n) is 5.90. The fourth-order valence-corrected chi connectivity index (χ4v) is 4.69. The highest BCUT2D eigenvalue weighted by Gasteiger charge is 2.44. The van der Waals surface area contributed by atoms with Gasteiger partial charge >= 0.3 is 12.1 Å². The Balaban J connectivity index is 1.81. The number of carbonyl (C=O) groups excluding carboxylic acids is 3. The number of amides is 2. The summed E-state index contributed by atoms with van der Waals surface area (Å²) in [5.41, 5.74) is -0.251. The molecule has 188 valence electrons. The largest absolute Gasteiger partial charge is 0.466 e. The van der Waals surface area contributed by atoms with Crippen molar-refractivity contribution in [3.05, 3.63) is 29.0 Å². The molecule has 2 aliphatic heterocycles. The molecule has 1 aromatic carbocycles. The summed E-state index contributed by atoms with van der Waals surface area (Å²) in [6, 6.07) is 2.88. The van der Waals surface area contributed by atoms with E-state index in [1.807, 2.05) is 0 Å². The number of likely N-dealkylation sites (tertiary alicyclic amines) is 2. The summed E-state index contributed by atoms with van der Waals surface area (Å²) in [6.45, 7) is 8.28. The SMILES string of the molecule is CCOC(=O)[C@H]1CCN(C(=O)OC(C)(C)C)C[C@@H]1N1CCCC(Nc2cc(F)cc(Cl)c2)C1=O. The smallest absolute Gasteiger partial charge is 0.410 e. The van der Waals surface area contributed by atoms with Crippen molar-refractivity contribution in [3.8, 4) is 0 Å². The standard InChI is InChI=1S/C24H33ClFN3O5/c1-5-33-22(31)18-8-10-28(23(32)34-24(2,3)4)14-20(18)29-9-6-7-19(21(29)30)27-17-12-15(25)11-16(26)13-17/h11-13,18-20,27H,5-10,14H2,1-4H3/t18-,19?,20-/m0/s1. The molecule has 0 spiro atoms. The van der Waals surface area contributed by atoms with Crippen molar-refractivity contribution < 1.29 is 28.2 Å². The highest BCUT2D eigenvalue weighted by atomic mass is 35.5. The third-order valence-corrected chi connectivity index (χ3v) is 6.12. The molecule has 1 aromatic rings. The van der Waals surface area contributed by atoms with Crippen molar-refractivity contribution in [1.82, 2.24) is 9.80 Å². The number of hydrogen-bond donors (Lipinski definition) is 1. The number of rotatable bonds is 5. The first-order valence-electron chi connectivity index (χ1n) is 11.7. The van der Waals surface area contributed by atoms with Crippen LogP contribution in [0.5, 0.6) is 0 Å². The lowest BCUT2D eigenvalue weighted by molar-refractivity contribution is -0.156. The molecular formula is C24H33ClFN3O5. The van der Waals surface area contributed by atoms with Crippen molar-refractivity contribution in [2.45, 2.75) is 64.6 Å². The normalized spacial score (nSPS) is 23.5. The Morgan fingerprint density at radius 2 is 1.94 bits per heavy atom. The minimum absolute atomic E-state index is 0.169. The van der Waals surface area contributed by atoms with Crippen LogP contribution in [0, 0.1) is 11.7 Å². The van der Waals surface area contributed by atoms with E-state index < -0.39 is 35.5 Å². The second-order valence-corrected chi connectivity index (χ2v) is 10.1. The van der Waals surface area contributed by atoms with Crippen LogP contribution in [0.2, 0.25) is 5.02 Å². The predicted octanol–water partition coefficient (Wildman–Crippen LogP) is 4.07. The summed E-state index contributed by atoms with van der Waals surface area (Å²) in [4.78, 5) is 42.1. The van der Waals surface area contributed by atoms with Crippen LogP contribution in [0.15, 0.2) is 18.2 Å². The minimum atomic E-state index is -0.660. The van der Waals surface area contributed by atoms with E-state index in [0.717, 1.165) is 0 Å². The molecule has 34 heavy (non-hydrogen) atoms. The highest BCUT2D eigenvalue weighted by molar-refractivity contribution is 6.30. The first-order chi connectivity index (χ1) is 16.0. The molecule has 0 aliphatic carbocycles. The van der Waals surface area contributed by atoms with Crippen LogP contribution in [0.1, 0.15) is 47.0 Å². The van der Waals surface area contributed by atoms with E-state index in [9.17, 15) is 18.8 Å². The van der Waals surface area contributed by atoms with Gasteiger partial charge in [0.15, 0.2) is 0 Å². The number of nitrogens with zero attached hydrogens (tertiary/aromatic N) is 2. The van der Waals surface area contributed by atoms with Crippen molar-refractivity contribution in [2.24, 2.45) is 5.92 Å². The maximum Gasteiger partial charge on any atom is 0.410 e. The summed E-state index contributed by atoms with van der Waals surface area (Å²) in [5, 5.41) is 3.31. The van der Waals surface area contributed by atoms with Gasteiger partial charge in [-0.2, -0.15) is 0 Å². The molecular weight excluding hydrogens is 465 g/mol. The van der Waals surface area contributed by atoms with Crippen LogP contribution < -0.4 is 5.32 Å². The van der Waals surface area contributed by atoms with Crippen molar-refractivity contribution in [2.75, 3.05) is 31.6 Å². The Labute approximate surface area is 204 Å².